The Bertz CT molecular complexity index is 182. The van der Waals surface area contributed by atoms with Crippen molar-refractivity contribution in [2.75, 3.05) is 39.3 Å². The molecule has 2 fully saturated rings. The van der Waals surface area contributed by atoms with E-state index in [9.17, 15) is 0 Å². The average molecular weight is 225 g/mol. The summed E-state index contributed by atoms with van der Waals surface area (Å²) in [5.74, 6) is 0.957. The Hall–Kier alpha value is -0.120. The summed E-state index contributed by atoms with van der Waals surface area (Å²) in [4.78, 5) is 2.63. The highest BCUT2D eigenvalue weighted by atomic mass is 15.1. The van der Waals surface area contributed by atoms with E-state index in [1.54, 1.807) is 0 Å². The molecule has 0 aliphatic carbocycles. The summed E-state index contributed by atoms with van der Waals surface area (Å²) in [6, 6.07) is 0.737. The maximum Gasteiger partial charge on any atom is 0.0204 e. The molecule has 2 N–H and O–H groups in total. The van der Waals surface area contributed by atoms with Crippen LogP contribution in [0, 0.1) is 5.92 Å². The minimum Gasteiger partial charge on any atom is -0.315 e. The van der Waals surface area contributed by atoms with Gasteiger partial charge in [0, 0.05) is 12.6 Å². The Morgan fingerprint density at radius 3 is 2.75 bits per heavy atom. The Morgan fingerprint density at radius 2 is 2.06 bits per heavy atom. The predicted molar refractivity (Wildman–Crippen MR) is 68.7 cm³/mol. The van der Waals surface area contributed by atoms with Crippen molar-refractivity contribution in [3.63, 3.8) is 0 Å². The van der Waals surface area contributed by atoms with Crippen molar-refractivity contribution in [3.05, 3.63) is 0 Å². The van der Waals surface area contributed by atoms with Crippen LogP contribution in [-0.2, 0) is 0 Å². The van der Waals surface area contributed by atoms with Crippen LogP contribution in [0.2, 0.25) is 0 Å². The third kappa shape index (κ3) is 4.04. The van der Waals surface area contributed by atoms with Gasteiger partial charge in [-0.05, 0) is 64.3 Å². The Labute approximate surface area is 100.0 Å². The van der Waals surface area contributed by atoms with Crippen molar-refractivity contribution in [2.45, 2.75) is 38.6 Å². The smallest absolute Gasteiger partial charge is 0.0204 e. The summed E-state index contributed by atoms with van der Waals surface area (Å²) in [6.07, 6.45) is 5.42. The zero-order chi connectivity index (χ0) is 11.2. The second-order valence-corrected chi connectivity index (χ2v) is 5.52. The van der Waals surface area contributed by atoms with Crippen LogP contribution < -0.4 is 10.6 Å². The Balaban J connectivity index is 1.48. The molecule has 3 heteroatoms. The Morgan fingerprint density at radius 1 is 1.25 bits per heavy atom. The molecule has 3 nitrogen and oxygen atoms in total. The average Bonchev–Trinajstić information content (AvgIpc) is 2.80. The van der Waals surface area contributed by atoms with E-state index in [0.29, 0.717) is 0 Å². The number of rotatable bonds is 5. The number of piperidine rings is 1. The molecule has 0 aromatic rings. The molecule has 0 amide bonds. The first-order chi connectivity index (χ1) is 7.84. The normalized spacial score (nSPS) is 28.7. The van der Waals surface area contributed by atoms with Crippen molar-refractivity contribution in [2.24, 2.45) is 5.92 Å². The highest BCUT2D eigenvalue weighted by Crippen LogP contribution is 2.15. The first-order valence-electron chi connectivity index (χ1n) is 7.01. The van der Waals surface area contributed by atoms with Gasteiger partial charge in [0.05, 0.1) is 0 Å². The standard InChI is InChI=1S/C13H27N3/c1-12-4-9-16(10-5-12)8-2-6-15-13-3-7-14-11-13/h12-15H,2-11H2,1H3. The molecule has 2 aliphatic rings. The van der Waals surface area contributed by atoms with Gasteiger partial charge in [-0.1, -0.05) is 6.92 Å². The summed E-state index contributed by atoms with van der Waals surface area (Å²) in [5, 5.41) is 7.04. The van der Waals surface area contributed by atoms with E-state index < -0.39 is 0 Å². The minimum absolute atomic E-state index is 0.737. The van der Waals surface area contributed by atoms with Gasteiger partial charge >= 0.3 is 0 Å². The maximum atomic E-state index is 3.64. The van der Waals surface area contributed by atoms with E-state index >= 15 is 0 Å². The molecule has 0 spiro atoms. The summed E-state index contributed by atoms with van der Waals surface area (Å²) < 4.78 is 0. The van der Waals surface area contributed by atoms with Gasteiger partial charge in [0.15, 0.2) is 0 Å². The van der Waals surface area contributed by atoms with Crippen LogP contribution in [0.4, 0.5) is 0 Å². The van der Waals surface area contributed by atoms with E-state index in [1.807, 2.05) is 0 Å². The van der Waals surface area contributed by atoms with E-state index in [2.05, 4.69) is 22.5 Å². The zero-order valence-corrected chi connectivity index (χ0v) is 10.7. The zero-order valence-electron chi connectivity index (χ0n) is 10.7. The SMILES string of the molecule is CC1CCN(CCCNC2CCNC2)CC1. The van der Waals surface area contributed by atoms with Crippen LogP contribution in [0.1, 0.15) is 32.6 Å². The summed E-state index contributed by atoms with van der Waals surface area (Å²) in [6.45, 7) is 9.88. The third-order valence-electron chi connectivity index (χ3n) is 4.02. The summed E-state index contributed by atoms with van der Waals surface area (Å²) in [5.41, 5.74) is 0. The van der Waals surface area contributed by atoms with Crippen LogP contribution in [0.3, 0.4) is 0 Å². The van der Waals surface area contributed by atoms with Gasteiger partial charge in [-0.25, -0.2) is 0 Å². The number of nitrogens with one attached hydrogen (secondary N) is 2. The van der Waals surface area contributed by atoms with Crippen molar-refractivity contribution >= 4 is 0 Å². The minimum atomic E-state index is 0.737. The number of hydrogen-bond acceptors (Lipinski definition) is 3. The van der Waals surface area contributed by atoms with E-state index in [0.717, 1.165) is 12.0 Å². The van der Waals surface area contributed by atoms with E-state index in [1.165, 1.54) is 65.0 Å². The molecule has 2 aliphatic heterocycles. The molecule has 0 saturated carbocycles. The number of nitrogens with zero attached hydrogens (tertiary/aromatic N) is 1. The topological polar surface area (TPSA) is 27.3 Å². The molecule has 0 radical (unpaired) electrons. The molecule has 2 saturated heterocycles. The lowest BCUT2D eigenvalue weighted by Crippen LogP contribution is -2.36. The molecule has 0 aromatic carbocycles. The molecule has 2 rings (SSSR count). The van der Waals surface area contributed by atoms with Crippen LogP contribution >= 0.6 is 0 Å². The van der Waals surface area contributed by atoms with Crippen LogP contribution in [0.5, 0.6) is 0 Å². The molecular formula is C13H27N3. The van der Waals surface area contributed by atoms with Gasteiger partial charge < -0.3 is 15.5 Å². The first kappa shape index (κ1) is 12.3. The van der Waals surface area contributed by atoms with E-state index in [4.69, 9.17) is 0 Å². The monoisotopic (exact) mass is 225 g/mol. The molecule has 0 aromatic heterocycles. The van der Waals surface area contributed by atoms with Crippen molar-refractivity contribution in [1.82, 2.24) is 15.5 Å². The fourth-order valence-corrected chi connectivity index (χ4v) is 2.72. The van der Waals surface area contributed by atoms with Gasteiger partial charge in [0.1, 0.15) is 0 Å². The first-order valence-corrected chi connectivity index (χ1v) is 7.01. The highest BCUT2D eigenvalue weighted by molar-refractivity contribution is 4.77. The quantitative estimate of drug-likeness (QED) is 0.685. The van der Waals surface area contributed by atoms with Gasteiger partial charge in [0.25, 0.3) is 0 Å². The molecule has 0 bridgehead atoms. The molecular weight excluding hydrogens is 198 g/mol. The Kier molecular flexibility index (Phi) is 5.07. The van der Waals surface area contributed by atoms with Gasteiger partial charge in [0.2, 0.25) is 0 Å². The lowest BCUT2D eigenvalue weighted by molar-refractivity contribution is 0.190. The fraction of sp³-hybridized carbons (Fsp3) is 1.00. The maximum absolute atomic E-state index is 3.64. The lowest BCUT2D eigenvalue weighted by atomic mass is 9.99. The van der Waals surface area contributed by atoms with Gasteiger partial charge in [-0.3, -0.25) is 0 Å². The molecule has 1 unspecified atom stereocenters. The second kappa shape index (κ2) is 6.58. The van der Waals surface area contributed by atoms with Crippen LogP contribution in [-0.4, -0.2) is 50.2 Å². The third-order valence-corrected chi connectivity index (χ3v) is 4.02. The number of hydrogen-bond donors (Lipinski definition) is 2. The van der Waals surface area contributed by atoms with Crippen molar-refractivity contribution in [3.8, 4) is 0 Å². The highest BCUT2D eigenvalue weighted by Gasteiger charge is 2.15. The summed E-state index contributed by atoms with van der Waals surface area (Å²) in [7, 11) is 0. The van der Waals surface area contributed by atoms with Crippen LogP contribution in [0.15, 0.2) is 0 Å². The summed E-state index contributed by atoms with van der Waals surface area (Å²) >= 11 is 0. The van der Waals surface area contributed by atoms with Crippen molar-refractivity contribution in [1.29, 1.82) is 0 Å². The second-order valence-electron chi connectivity index (χ2n) is 5.52. The van der Waals surface area contributed by atoms with Crippen molar-refractivity contribution < 1.29 is 0 Å². The van der Waals surface area contributed by atoms with Gasteiger partial charge in [-0.15, -0.1) is 0 Å². The van der Waals surface area contributed by atoms with E-state index in [-0.39, 0.29) is 0 Å². The predicted octanol–water partition coefficient (Wildman–Crippen LogP) is 1.06. The molecule has 1 atom stereocenters. The lowest BCUT2D eigenvalue weighted by Gasteiger charge is -2.30. The molecule has 16 heavy (non-hydrogen) atoms. The van der Waals surface area contributed by atoms with Gasteiger partial charge in [-0.2, -0.15) is 0 Å². The number of likely N-dealkylation sites (tertiary alicyclic amines) is 1. The largest absolute Gasteiger partial charge is 0.315 e. The molecule has 2 heterocycles. The molecule has 94 valence electrons. The van der Waals surface area contributed by atoms with Crippen LogP contribution in [0.25, 0.3) is 0 Å². The fourth-order valence-electron chi connectivity index (χ4n) is 2.72.